The van der Waals surface area contributed by atoms with Crippen LogP contribution in [0.3, 0.4) is 0 Å². The van der Waals surface area contributed by atoms with E-state index in [2.05, 4.69) is 10.6 Å². The van der Waals surface area contributed by atoms with Crippen LogP contribution < -0.4 is 16.4 Å². The van der Waals surface area contributed by atoms with E-state index in [9.17, 15) is 19.5 Å². The molecule has 5 N–H and O–H groups in total. The quantitative estimate of drug-likeness (QED) is 0.489. The highest BCUT2D eigenvalue weighted by Crippen LogP contribution is 2.20. The van der Waals surface area contributed by atoms with Crippen LogP contribution in [0.1, 0.15) is 26.7 Å². The minimum atomic E-state index is -1.32. The van der Waals surface area contributed by atoms with Gasteiger partial charge in [0.25, 0.3) is 0 Å². The average Bonchev–Trinajstić information content (AvgIpc) is 2.44. The lowest BCUT2D eigenvalue weighted by Crippen LogP contribution is -2.59. The Morgan fingerprint density at radius 3 is 2.33 bits per heavy atom. The largest absolute Gasteiger partial charge is 0.480 e. The standard InChI is InChI=1S/C13H23N3O5/c1-8(2)10(14)11(18)15-7-9(17)16-13(12(19)20)3-5-21-6-4-13/h8,10H,3-7,14H2,1-2H3,(H,15,18)(H,16,17)(H,19,20)/t10-/m0/s1. The highest BCUT2D eigenvalue weighted by Gasteiger charge is 2.41. The summed E-state index contributed by atoms with van der Waals surface area (Å²) in [6.07, 6.45) is 0.404. The average molecular weight is 301 g/mol. The van der Waals surface area contributed by atoms with Crippen LogP contribution in [-0.2, 0) is 19.1 Å². The maximum atomic E-state index is 11.8. The predicted octanol–water partition coefficient (Wildman–Crippen LogP) is -1.16. The summed E-state index contributed by atoms with van der Waals surface area (Å²) in [7, 11) is 0. The van der Waals surface area contributed by atoms with Crippen LogP contribution in [0.2, 0.25) is 0 Å². The third kappa shape index (κ3) is 4.68. The van der Waals surface area contributed by atoms with E-state index in [-0.39, 0.29) is 38.5 Å². The zero-order valence-corrected chi connectivity index (χ0v) is 12.3. The summed E-state index contributed by atoms with van der Waals surface area (Å²) < 4.78 is 5.11. The number of nitrogens with one attached hydrogen (secondary N) is 2. The molecule has 1 heterocycles. The van der Waals surface area contributed by atoms with Gasteiger partial charge in [-0.15, -0.1) is 0 Å². The number of rotatable bonds is 6. The number of carboxylic acid groups (broad SMARTS) is 1. The van der Waals surface area contributed by atoms with Gasteiger partial charge < -0.3 is 26.2 Å². The van der Waals surface area contributed by atoms with Gasteiger partial charge in [-0.05, 0) is 5.92 Å². The minimum absolute atomic E-state index is 0.0473. The molecule has 1 atom stereocenters. The van der Waals surface area contributed by atoms with Crippen molar-refractivity contribution in [2.45, 2.75) is 38.3 Å². The van der Waals surface area contributed by atoms with Gasteiger partial charge in [0, 0.05) is 26.1 Å². The lowest BCUT2D eigenvalue weighted by atomic mass is 9.90. The lowest BCUT2D eigenvalue weighted by molar-refractivity contribution is -0.152. The Balaban J connectivity index is 2.52. The number of hydrogen-bond acceptors (Lipinski definition) is 5. The van der Waals surface area contributed by atoms with Gasteiger partial charge >= 0.3 is 5.97 Å². The molecule has 0 aromatic carbocycles. The summed E-state index contributed by atoms with van der Waals surface area (Å²) in [4.78, 5) is 34.9. The van der Waals surface area contributed by atoms with E-state index < -0.39 is 29.4 Å². The van der Waals surface area contributed by atoms with E-state index >= 15 is 0 Å². The van der Waals surface area contributed by atoms with Gasteiger partial charge in [0.2, 0.25) is 11.8 Å². The number of nitrogens with two attached hydrogens (primary N) is 1. The number of hydrogen-bond donors (Lipinski definition) is 4. The van der Waals surface area contributed by atoms with Gasteiger partial charge in [0.15, 0.2) is 0 Å². The number of carboxylic acids is 1. The second kappa shape index (κ2) is 7.37. The van der Waals surface area contributed by atoms with Gasteiger partial charge in [0.05, 0.1) is 12.6 Å². The number of amides is 2. The van der Waals surface area contributed by atoms with Crippen LogP contribution in [0.15, 0.2) is 0 Å². The van der Waals surface area contributed by atoms with Crippen LogP contribution >= 0.6 is 0 Å². The first-order chi connectivity index (χ1) is 9.78. The van der Waals surface area contributed by atoms with E-state index in [4.69, 9.17) is 10.5 Å². The van der Waals surface area contributed by atoms with E-state index in [1.54, 1.807) is 13.8 Å². The first-order valence-corrected chi connectivity index (χ1v) is 6.94. The molecule has 1 fully saturated rings. The van der Waals surface area contributed by atoms with Crippen molar-refractivity contribution in [1.29, 1.82) is 0 Å². The van der Waals surface area contributed by atoms with Gasteiger partial charge in [-0.3, -0.25) is 9.59 Å². The topological polar surface area (TPSA) is 131 Å². The van der Waals surface area contributed by atoms with Crippen LogP contribution in [0.5, 0.6) is 0 Å². The predicted molar refractivity (Wildman–Crippen MR) is 74.4 cm³/mol. The van der Waals surface area contributed by atoms with Crippen molar-refractivity contribution >= 4 is 17.8 Å². The molecule has 0 unspecified atom stereocenters. The zero-order chi connectivity index (χ0) is 16.0. The third-order valence-corrected chi connectivity index (χ3v) is 3.58. The highest BCUT2D eigenvalue weighted by atomic mass is 16.5. The molecule has 1 rings (SSSR count). The first kappa shape index (κ1) is 17.4. The zero-order valence-electron chi connectivity index (χ0n) is 12.3. The van der Waals surface area contributed by atoms with Gasteiger partial charge in [-0.2, -0.15) is 0 Å². The molecule has 8 nitrogen and oxygen atoms in total. The summed E-state index contributed by atoms with van der Waals surface area (Å²) in [6.45, 7) is 3.85. The summed E-state index contributed by atoms with van der Waals surface area (Å²) in [5.74, 6) is -2.13. The van der Waals surface area contributed by atoms with Gasteiger partial charge in [-0.1, -0.05) is 13.8 Å². The molecule has 0 saturated carbocycles. The second-order valence-electron chi connectivity index (χ2n) is 5.54. The van der Waals surface area contributed by atoms with Crippen LogP contribution in [0, 0.1) is 5.92 Å². The molecular weight excluding hydrogens is 278 g/mol. The van der Waals surface area contributed by atoms with Crippen molar-refractivity contribution < 1.29 is 24.2 Å². The maximum Gasteiger partial charge on any atom is 0.329 e. The number of ether oxygens (including phenoxy) is 1. The second-order valence-corrected chi connectivity index (χ2v) is 5.54. The van der Waals surface area contributed by atoms with Crippen molar-refractivity contribution in [3.05, 3.63) is 0 Å². The maximum absolute atomic E-state index is 11.8. The minimum Gasteiger partial charge on any atom is -0.480 e. The molecule has 8 heteroatoms. The molecule has 0 aromatic heterocycles. The van der Waals surface area contributed by atoms with E-state index in [0.717, 1.165) is 0 Å². The van der Waals surface area contributed by atoms with E-state index in [1.807, 2.05) is 0 Å². The number of carbonyl (C=O) groups is 3. The molecule has 2 amide bonds. The molecule has 1 saturated heterocycles. The molecule has 1 aliphatic rings. The molecular formula is C13H23N3O5. The Bertz CT molecular complexity index is 405. The summed E-state index contributed by atoms with van der Waals surface area (Å²) in [5.41, 5.74) is 4.33. The smallest absolute Gasteiger partial charge is 0.329 e. The van der Waals surface area contributed by atoms with Gasteiger partial charge in [-0.25, -0.2) is 4.79 Å². The van der Waals surface area contributed by atoms with E-state index in [1.165, 1.54) is 0 Å². The summed E-state index contributed by atoms with van der Waals surface area (Å²) >= 11 is 0. The monoisotopic (exact) mass is 301 g/mol. The Kier molecular flexibility index (Phi) is 6.10. The fraction of sp³-hybridized carbons (Fsp3) is 0.769. The Morgan fingerprint density at radius 2 is 1.86 bits per heavy atom. The Hall–Kier alpha value is -1.67. The SMILES string of the molecule is CC(C)[C@H](N)C(=O)NCC(=O)NC1(C(=O)O)CCOCC1. The molecule has 0 radical (unpaired) electrons. The fourth-order valence-electron chi connectivity index (χ4n) is 2.01. The molecule has 120 valence electrons. The van der Waals surface area contributed by atoms with Crippen LogP contribution in [0.4, 0.5) is 0 Å². The molecule has 1 aliphatic heterocycles. The molecule has 21 heavy (non-hydrogen) atoms. The van der Waals surface area contributed by atoms with Crippen LogP contribution in [0.25, 0.3) is 0 Å². The van der Waals surface area contributed by atoms with Crippen molar-refractivity contribution in [2.24, 2.45) is 11.7 Å². The van der Waals surface area contributed by atoms with Gasteiger partial charge in [0.1, 0.15) is 5.54 Å². The summed E-state index contributed by atoms with van der Waals surface area (Å²) in [5, 5.41) is 14.2. The van der Waals surface area contributed by atoms with Crippen molar-refractivity contribution in [3.63, 3.8) is 0 Å². The molecule has 0 aliphatic carbocycles. The number of carbonyl (C=O) groups excluding carboxylic acids is 2. The van der Waals surface area contributed by atoms with Crippen molar-refractivity contribution in [1.82, 2.24) is 10.6 Å². The van der Waals surface area contributed by atoms with Crippen molar-refractivity contribution in [2.75, 3.05) is 19.8 Å². The first-order valence-electron chi connectivity index (χ1n) is 6.94. The molecule has 0 aromatic rings. The Morgan fingerprint density at radius 1 is 1.29 bits per heavy atom. The Labute approximate surface area is 123 Å². The highest BCUT2D eigenvalue weighted by molar-refractivity contribution is 5.91. The summed E-state index contributed by atoms with van der Waals surface area (Å²) in [6, 6.07) is -0.700. The fourth-order valence-corrected chi connectivity index (χ4v) is 2.01. The van der Waals surface area contributed by atoms with E-state index in [0.29, 0.717) is 0 Å². The lowest BCUT2D eigenvalue weighted by Gasteiger charge is -2.33. The molecule has 0 spiro atoms. The van der Waals surface area contributed by atoms with Crippen LogP contribution in [-0.4, -0.2) is 54.2 Å². The van der Waals surface area contributed by atoms with Crippen molar-refractivity contribution in [3.8, 4) is 0 Å². The normalized spacial score (nSPS) is 18.9. The third-order valence-electron chi connectivity index (χ3n) is 3.58. The number of aliphatic carboxylic acids is 1. The molecule has 0 bridgehead atoms.